The monoisotopic (exact) mass is 424 g/mol. The molecule has 0 heterocycles. The van der Waals surface area contributed by atoms with Gasteiger partial charge in [0, 0.05) is 15.6 Å². The Balaban J connectivity index is 1.72. The largest absolute Gasteiger partial charge is 0.482 e. The molecule has 0 saturated heterocycles. The maximum absolute atomic E-state index is 12.9. The van der Waals surface area contributed by atoms with Gasteiger partial charge < -0.3 is 9.47 Å². The van der Waals surface area contributed by atoms with E-state index in [0.29, 0.717) is 16.9 Å². The quantitative estimate of drug-likeness (QED) is 0.395. The molecule has 27 heavy (non-hydrogen) atoms. The van der Waals surface area contributed by atoms with Crippen LogP contribution in [0.25, 0.3) is 0 Å². The lowest BCUT2D eigenvalue weighted by molar-refractivity contribution is -0.149. The van der Waals surface area contributed by atoms with E-state index >= 15 is 0 Å². The SMILES string of the molecule is O=C(COc1ccc(Br)cc1)OC(C(=O)c1ccccc1)c1ccccc1. The summed E-state index contributed by atoms with van der Waals surface area (Å²) in [6, 6.07) is 24.8. The molecule has 0 fully saturated rings. The fraction of sp³-hybridized carbons (Fsp3) is 0.0909. The van der Waals surface area contributed by atoms with Crippen LogP contribution in [-0.2, 0) is 9.53 Å². The molecule has 1 unspecified atom stereocenters. The highest BCUT2D eigenvalue weighted by Crippen LogP contribution is 2.23. The minimum atomic E-state index is -1.02. The summed E-state index contributed by atoms with van der Waals surface area (Å²) in [6.07, 6.45) is -1.02. The van der Waals surface area contributed by atoms with Gasteiger partial charge in [0.1, 0.15) is 5.75 Å². The van der Waals surface area contributed by atoms with Crippen LogP contribution in [0.3, 0.4) is 0 Å². The molecule has 4 nitrogen and oxygen atoms in total. The van der Waals surface area contributed by atoms with Crippen LogP contribution in [-0.4, -0.2) is 18.4 Å². The normalized spacial score (nSPS) is 11.4. The van der Waals surface area contributed by atoms with Crippen LogP contribution < -0.4 is 4.74 Å². The Morgan fingerprint density at radius 1 is 0.815 bits per heavy atom. The predicted octanol–water partition coefficient (Wildman–Crippen LogP) is 5.00. The van der Waals surface area contributed by atoms with E-state index < -0.39 is 12.1 Å². The topological polar surface area (TPSA) is 52.6 Å². The van der Waals surface area contributed by atoms with Gasteiger partial charge in [0.25, 0.3) is 0 Å². The molecule has 0 radical (unpaired) electrons. The van der Waals surface area contributed by atoms with E-state index in [2.05, 4.69) is 15.9 Å². The number of halogens is 1. The molecule has 0 saturated carbocycles. The van der Waals surface area contributed by atoms with Gasteiger partial charge in [-0.15, -0.1) is 0 Å². The smallest absolute Gasteiger partial charge is 0.345 e. The third kappa shape index (κ3) is 5.28. The maximum Gasteiger partial charge on any atom is 0.345 e. The van der Waals surface area contributed by atoms with Gasteiger partial charge in [-0.3, -0.25) is 4.79 Å². The molecule has 136 valence electrons. The van der Waals surface area contributed by atoms with Crippen molar-refractivity contribution < 1.29 is 19.1 Å². The van der Waals surface area contributed by atoms with Gasteiger partial charge in [0.05, 0.1) is 0 Å². The highest BCUT2D eigenvalue weighted by Gasteiger charge is 2.26. The maximum atomic E-state index is 12.9. The zero-order valence-electron chi connectivity index (χ0n) is 14.4. The number of Topliss-reactive ketones (excluding diaryl/α,β-unsaturated/α-hetero) is 1. The second-order valence-corrected chi connectivity index (χ2v) is 6.67. The van der Waals surface area contributed by atoms with Crippen LogP contribution in [0.5, 0.6) is 5.75 Å². The number of benzene rings is 3. The molecule has 0 aliphatic rings. The molecule has 0 aliphatic carbocycles. The zero-order chi connectivity index (χ0) is 19.1. The highest BCUT2D eigenvalue weighted by atomic mass is 79.9. The molecule has 5 heteroatoms. The van der Waals surface area contributed by atoms with Crippen LogP contribution in [0, 0.1) is 0 Å². The van der Waals surface area contributed by atoms with Crippen molar-refractivity contribution in [1.29, 1.82) is 0 Å². The average molecular weight is 425 g/mol. The van der Waals surface area contributed by atoms with Crippen LogP contribution in [0.1, 0.15) is 22.0 Å². The second kappa shape index (κ2) is 9.14. The molecule has 0 bridgehead atoms. The number of hydrogen-bond acceptors (Lipinski definition) is 4. The van der Waals surface area contributed by atoms with E-state index in [4.69, 9.17) is 9.47 Å². The van der Waals surface area contributed by atoms with Gasteiger partial charge in [0.2, 0.25) is 5.78 Å². The highest BCUT2D eigenvalue weighted by molar-refractivity contribution is 9.10. The van der Waals surface area contributed by atoms with E-state index in [1.807, 2.05) is 24.3 Å². The number of rotatable bonds is 7. The van der Waals surface area contributed by atoms with Crippen molar-refractivity contribution in [2.75, 3.05) is 6.61 Å². The van der Waals surface area contributed by atoms with Crippen molar-refractivity contribution in [2.45, 2.75) is 6.10 Å². The summed E-state index contributed by atoms with van der Waals surface area (Å²) in [7, 11) is 0. The molecular formula is C22H17BrO4. The fourth-order valence-electron chi connectivity index (χ4n) is 2.49. The van der Waals surface area contributed by atoms with Crippen molar-refractivity contribution in [3.63, 3.8) is 0 Å². The van der Waals surface area contributed by atoms with Gasteiger partial charge in [-0.25, -0.2) is 4.79 Å². The number of ether oxygens (including phenoxy) is 2. The minimum Gasteiger partial charge on any atom is -0.482 e. The van der Waals surface area contributed by atoms with Crippen LogP contribution in [0.4, 0.5) is 0 Å². The number of hydrogen-bond donors (Lipinski definition) is 0. The Morgan fingerprint density at radius 2 is 1.41 bits per heavy atom. The van der Waals surface area contributed by atoms with Crippen LogP contribution in [0.2, 0.25) is 0 Å². The zero-order valence-corrected chi connectivity index (χ0v) is 16.0. The van der Waals surface area contributed by atoms with Gasteiger partial charge in [-0.2, -0.15) is 0 Å². The summed E-state index contributed by atoms with van der Waals surface area (Å²) >= 11 is 3.34. The van der Waals surface area contributed by atoms with Gasteiger partial charge >= 0.3 is 5.97 Å². The number of carbonyl (C=O) groups is 2. The third-order valence-corrected chi connectivity index (χ3v) is 4.35. The first-order chi connectivity index (χ1) is 13.1. The molecule has 0 spiro atoms. The van der Waals surface area contributed by atoms with E-state index in [0.717, 1.165) is 4.47 Å². The van der Waals surface area contributed by atoms with Crippen LogP contribution >= 0.6 is 15.9 Å². The molecule has 0 aliphatic heterocycles. The van der Waals surface area contributed by atoms with E-state index in [9.17, 15) is 9.59 Å². The summed E-state index contributed by atoms with van der Waals surface area (Å²) in [4.78, 5) is 25.2. The molecule has 3 rings (SSSR count). The Hall–Kier alpha value is -2.92. The van der Waals surface area contributed by atoms with E-state index in [1.54, 1.807) is 60.7 Å². The first-order valence-corrected chi connectivity index (χ1v) is 9.15. The van der Waals surface area contributed by atoms with Crippen molar-refractivity contribution in [3.8, 4) is 5.75 Å². The summed E-state index contributed by atoms with van der Waals surface area (Å²) in [5, 5.41) is 0. The minimum absolute atomic E-state index is 0.279. The fourth-order valence-corrected chi connectivity index (χ4v) is 2.76. The van der Waals surface area contributed by atoms with Crippen molar-refractivity contribution >= 4 is 27.7 Å². The van der Waals surface area contributed by atoms with E-state index in [1.165, 1.54) is 0 Å². The second-order valence-electron chi connectivity index (χ2n) is 5.75. The Morgan fingerprint density at radius 3 is 2.04 bits per heavy atom. The first-order valence-electron chi connectivity index (χ1n) is 8.35. The third-order valence-electron chi connectivity index (χ3n) is 3.82. The lowest BCUT2D eigenvalue weighted by atomic mass is 10.00. The molecule has 1 atom stereocenters. The predicted molar refractivity (Wildman–Crippen MR) is 106 cm³/mol. The van der Waals surface area contributed by atoms with E-state index in [-0.39, 0.29) is 12.4 Å². The summed E-state index contributed by atoms with van der Waals surface area (Å²) in [5.41, 5.74) is 1.09. The summed E-state index contributed by atoms with van der Waals surface area (Å²) in [5.74, 6) is -0.351. The average Bonchev–Trinajstić information content (AvgIpc) is 2.72. The summed E-state index contributed by atoms with van der Waals surface area (Å²) in [6.45, 7) is -0.285. The standard InChI is InChI=1S/C22H17BrO4/c23-18-11-13-19(14-12-18)26-15-20(24)27-22(17-9-5-2-6-10-17)21(25)16-7-3-1-4-8-16/h1-14,22H,15H2. The number of carbonyl (C=O) groups excluding carboxylic acids is 2. The van der Waals surface area contributed by atoms with Crippen molar-refractivity contribution in [1.82, 2.24) is 0 Å². The lowest BCUT2D eigenvalue weighted by Crippen LogP contribution is -2.23. The summed E-state index contributed by atoms with van der Waals surface area (Å²) < 4.78 is 11.8. The molecule has 0 N–H and O–H groups in total. The van der Waals surface area contributed by atoms with Gasteiger partial charge in [-0.1, -0.05) is 76.6 Å². The molecule has 3 aromatic carbocycles. The Kier molecular flexibility index (Phi) is 6.39. The first kappa shape index (κ1) is 18.9. The Bertz CT molecular complexity index is 893. The molecular weight excluding hydrogens is 408 g/mol. The van der Waals surface area contributed by atoms with Crippen LogP contribution in [0.15, 0.2) is 89.4 Å². The Labute approximate surface area is 165 Å². The molecule has 3 aromatic rings. The van der Waals surface area contributed by atoms with Crippen molar-refractivity contribution in [2.24, 2.45) is 0 Å². The van der Waals surface area contributed by atoms with Crippen molar-refractivity contribution in [3.05, 3.63) is 101 Å². The molecule has 0 amide bonds. The molecule has 0 aromatic heterocycles. The number of ketones is 1. The van der Waals surface area contributed by atoms with Gasteiger partial charge in [-0.05, 0) is 24.3 Å². The lowest BCUT2D eigenvalue weighted by Gasteiger charge is -2.17. The van der Waals surface area contributed by atoms with Gasteiger partial charge in [0.15, 0.2) is 12.7 Å². The number of esters is 1.